The van der Waals surface area contributed by atoms with E-state index in [9.17, 15) is 0 Å². The van der Waals surface area contributed by atoms with Crippen molar-refractivity contribution in [2.45, 2.75) is 45.2 Å². The van der Waals surface area contributed by atoms with Gasteiger partial charge in [0.2, 0.25) is 0 Å². The highest BCUT2D eigenvalue weighted by molar-refractivity contribution is 9.10. The highest BCUT2D eigenvalue weighted by Gasteiger charge is 2.30. The number of nitrogens with zero attached hydrogens (tertiary/aromatic N) is 1. The van der Waals surface area contributed by atoms with Crippen LogP contribution in [-0.2, 0) is 6.54 Å². The van der Waals surface area contributed by atoms with E-state index in [1.165, 1.54) is 60.9 Å². The Bertz CT molecular complexity index is 450. The lowest BCUT2D eigenvalue weighted by atomic mass is 9.97. The molecule has 1 saturated heterocycles. The minimum atomic E-state index is 0.855. The van der Waals surface area contributed by atoms with Crippen molar-refractivity contribution >= 4 is 15.9 Å². The van der Waals surface area contributed by atoms with Gasteiger partial charge in [0.1, 0.15) is 0 Å². The van der Waals surface area contributed by atoms with Crippen molar-refractivity contribution < 1.29 is 0 Å². The minimum absolute atomic E-state index is 0.855. The molecule has 1 aromatic rings. The van der Waals surface area contributed by atoms with Gasteiger partial charge in [0.05, 0.1) is 0 Å². The Morgan fingerprint density at radius 3 is 2.60 bits per heavy atom. The summed E-state index contributed by atoms with van der Waals surface area (Å²) in [5.74, 6) is 0.897. The first kappa shape index (κ1) is 14.6. The standard InChI is InChI=1S/C17H25BrN2/c1-13-10-15(2-5-17(13)18)12-20(16-3-4-16)11-14-6-8-19-9-7-14/h2,5,10,14,16,19H,3-4,6-9,11-12H2,1H3. The number of piperidine rings is 1. The maximum absolute atomic E-state index is 3.60. The normalized spacial score (nSPS) is 20.6. The van der Waals surface area contributed by atoms with E-state index >= 15 is 0 Å². The fourth-order valence-corrected chi connectivity index (χ4v) is 3.46. The van der Waals surface area contributed by atoms with Crippen molar-refractivity contribution in [2.24, 2.45) is 5.92 Å². The van der Waals surface area contributed by atoms with Crippen molar-refractivity contribution in [2.75, 3.05) is 19.6 Å². The molecule has 2 nitrogen and oxygen atoms in total. The van der Waals surface area contributed by atoms with Crippen LogP contribution in [0.1, 0.15) is 36.8 Å². The van der Waals surface area contributed by atoms with Gasteiger partial charge in [0.15, 0.2) is 0 Å². The van der Waals surface area contributed by atoms with Gasteiger partial charge in [-0.25, -0.2) is 0 Å². The molecule has 1 aliphatic heterocycles. The Labute approximate surface area is 131 Å². The maximum Gasteiger partial charge on any atom is 0.0236 e. The summed E-state index contributed by atoms with van der Waals surface area (Å²) in [4.78, 5) is 2.73. The Hall–Kier alpha value is -0.380. The second-order valence-electron chi connectivity index (χ2n) is 6.44. The molecule has 2 fully saturated rings. The molecule has 0 radical (unpaired) electrons. The lowest BCUT2D eigenvalue weighted by Gasteiger charge is -2.30. The summed E-state index contributed by atoms with van der Waals surface area (Å²) in [6, 6.07) is 7.66. The first-order chi connectivity index (χ1) is 9.72. The molecule has 2 aliphatic rings. The lowest BCUT2D eigenvalue weighted by molar-refractivity contribution is 0.190. The summed E-state index contributed by atoms with van der Waals surface area (Å²) in [5, 5.41) is 3.47. The number of benzene rings is 1. The van der Waals surface area contributed by atoms with E-state index < -0.39 is 0 Å². The third-order valence-corrected chi connectivity index (χ3v) is 5.51. The molecule has 0 aromatic heterocycles. The Kier molecular flexibility index (Phi) is 4.79. The van der Waals surface area contributed by atoms with E-state index in [0.717, 1.165) is 18.5 Å². The first-order valence-corrected chi connectivity index (χ1v) is 8.71. The predicted octanol–water partition coefficient (Wildman–Crippen LogP) is 3.72. The third-order valence-electron chi connectivity index (χ3n) is 4.62. The fourth-order valence-electron chi connectivity index (χ4n) is 3.22. The van der Waals surface area contributed by atoms with E-state index in [1.807, 2.05) is 0 Å². The van der Waals surface area contributed by atoms with Crippen LogP contribution in [0, 0.1) is 12.8 Å². The van der Waals surface area contributed by atoms with Crippen LogP contribution in [0.25, 0.3) is 0 Å². The molecule has 0 amide bonds. The zero-order valence-electron chi connectivity index (χ0n) is 12.4. The zero-order chi connectivity index (χ0) is 13.9. The van der Waals surface area contributed by atoms with E-state index in [1.54, 1.807) is 0 Å². The molecule has 1 saturated carbocycles. The van der Waals surface area contributed by atoms with Crippen molar-refractivity contribution in [1.29, 1.82) is 0 Å². The van der Waals surface area contributed by atoms with Gasteiger partial charge in [-0.3, -0.25) is 4.90 Å². The predicted molar refractivity (Wildman–Crippen MR) is 87.9 cm³/mol. The molecule has 0 bridgehead atoms. The van der Waals surface area contributed by atoms with Gasteiger partial charge in [0, 0.05) is 23.6 Å². The summed E-state index contributed by atoms with van der Waals surface area (Å²) in [5.41, 5.74) is 2.81. The zero-order valence-corrected chi connectivity index (χ0v) is 14.0. The van der Waals surface area contributed by atoms with Gasteiger partial charge in [-0.15, -0.1) is 0 Å². The molecule has 0 atom stereocenters. The molecule has 20 heavy (non-hydrogen) atoms. The molecule has 110 valence electrons. The van der Waals surface area contributed by atoms with Crippen LogP contribution in [0.2, 0.25) is 0 Å². The van der Waals surface area contributed by atoms with Crippen LogP contribution in [0.4, 0.5) is 0 Å². The first-order valence-electron chi connectivity index (χ1n) is 7.92. The number of halogens is 1. The number of hydrogen-bond donors (Lipinski definition) is 1. The average Bonchev–Trinajstić information content (AvgIpc) is 3.28. The van der Waals surface area contributed by atoms with Gasteiger partial charge in [-0.1, -0.05) is 28.1 Å². The molecule has 1 aromatic carbocycles. The summed E-state index contributed by atoms with van der Waals surface area (Å²) in [6.45, 7) is 7.02. The molecule has 1 N–H and O–H groups in total. The monoisotopic (exact) mass is 336 g/mol. The summed E-state index contributed by atoms with van der Waals surface area (Å²) in [6.07, 6.45) is 5.51. The van der Waals surface area contributed by atoms with Crippen LogP contribution >= 0.6 is 15.9 Å². The number of rotatable bonds is 5. The summed E-state index contributed by atoms with van der Waals surface area (Å²) in [7, 11) is 0. The topological polar surface area (TPSA) is 15.3 Å². The Morgan fingerprint density at radius 2 is 1.95 bits per heavy atom. The number of aryl methyl sites for hydroxylation is 1. The highest BCUT2D eigenvalue weighted by Crippen LogP contribution is 2.31. The fraction of sp³-hybridized carbons (Fsp3) is 0.647. The highest BCUT2D eigenvalue weighted by atomic mass is 79.9. The number of hydrogen-bond acceptors (Lipinski definition) is 2. The van der Waals surface area contributed by atoms with Crippen LogP contribution < -0.4 is 5.32 Å². The van der Waals surface area contributed by atoms with Crippen molar-refractivity contribution in [3.8, 4) is 0 Å². The molecule has 0 unspecified atom stereocenters. The van der Waals surface area contributed by atoms with Crippen LogP contribution in [-0.4, -0.2) is 30.6 Å². The van der Waals surface area contributed by atoms with Gasteiger partial charge >= 0.3 is 0 Å². The van der Waals surface area contributed by atoms with E-state index in [0.29, 0.717) is 0 Å². The smallest absolute Gasteiger partial charge is 0.0236 e. The summed E-state index contributed by atoms with van der Waals surface area (Å²) < 4.78 is 1.22. The second kappa shape index (κ2) is 6.59. The maximum atomic E-state index is 3.60. The van der Waals surface area contributed by atoms with E-state index in [2.05, 4.69) is 51.3 Å². The van der Waals surface area contributed by atoms with Crippen LogP contribution in [0.3, 0.4) is 0 Å². The molecular formula is C17H25BrN2. The van der Waals surface area contributed by atoms with Gasteiger partial charge in [-0.05, 0) is 68.8 Å². The molecular weight excluding hydrogens is 312 g/mol. The number of nitrogens with one attached hydrogen (secondary N) is 1. The second-order valence-corrected chi connectivity index (χ2v) is 7.29. The average molecular weight is 337 g/mol. The largest absolute Gasteiger partial charge is 0.317 e. The van der Waals surface area contributed by atoms with E-state index in [4.69, 9.17) is 0 Å². The minimum Gasteiger partial charge on any atom is -0.317 e. The summed E-state index contributed by atoms with van der Waals surface area (Å²) >= 11 is 3.60. The third kappa shape index (κ3) is 3.84. The van der Waals surface area contributed by atoms with Crippen LogP contribution in [0.5, 0.6) is 0 Å². The van der Waals surface area contributed by atoms with E-state index in [-0.39, 0.29) is 0 Å². The quantitative estimate of drug-likeness (QED) is 0.881. The molecule has 1 aliphatic carbocycles. The Balaban J connectivity index is 1.62. The van der Waals surface area contributed by atoms with Crippen molar-refractivity contribution in [3.63, 3.8) is 0 Å². The van der Waals surface area contributed by atoms with Gasteiger partial charge in [-0.2, -0.15) is 0 Å². The van der Waals surface area contributed by atoms with Crippen molar-refractivity contribution in [3.05, 3.63) is 33.8 Å². The molecule has 3 heteroatoms. The lowest BCUT2D eigenvalue weighted by Crippen LogP contribution is -2.37. The SMILES string of the molecule is Cc1cc(CN(CC2CCNCC2)C2CC2)ccc1Br. The molecule has 1 heterocycles. The Morgan fingerprint density at radius 1 is 1.20 bits per heavy atom. The van der Waals surface area contributed by atoms with Crippen molar-refractivity contribution in [1.82, 2.24) is 10.2 Å². The molecule has 0 spiro atoms. The van der Waals surface area contributed by atoms with Gasteiger partial charge < -0.3 is 5.32 Å². The van der Waals surface area contributed by atoms with Crippen LogP contribution in [0.15, 0.2) is 22.7 Å². The molecule has 3 rings (SSSR count). The van der Waals surface area contributed by atoms with Gasteiger partial charge in [0.25, 0.3) is 0 Å².